The molecule has 9 rings (SSSR count). The van der Waals surface area contributed by atoms with Crippen molar-refractivity contribution < 1.29 is 33.9 Å². The van der Waals surface area contributed by atoms with Crippen LogP contribution in [0.15, 0.2) is 127 Å². The van der Waals surface area contributed by atoms with Crippen LogP contribution in [-0.4, -0.2) is 95.4 Å². The molecule has 62 heavy (non-hydrogen) atoms. The SMILES string of the molecule is COCCN1C(=N)C(c2nc3ccccc3[nH]2)=C(O)C1c1cc(OC)cc(OC)c1.COc1cc(OC)cc(N2C(=N)C(c3nc4ccccc4[nH]3)=C(O)C2c2ccccc2)c1. The summed E-state index contributed by atoms with van der Waals surface area (Å²) in [5.74, 6) is 3.71. The van der Waals surface area contributed by atoms with E-state index in [1.165, 1.54) is 0 Å². The number of methoxy groups -OCH3 is 5. The topological polar surface area (TPSA) is 198 Å². The number of aliphatic hydroxyl groups excluding tert-OH is 2. The molecule has 2 unspecified atom stereocenters. The molecule has 0 aliphatic carbocycles. The van der Waals surface area contributed by atoms with Crippen molar-refractivity contribution in [1.82, 2.24) is 24.8 Å². The third kappa shape index (κ3) is 7.60. The second-order valence-corrected chi connectivity index (χ2v) is 14.4. The van der Waals surface area contributed by atoms with Crippen molar-refractivity contribution in [3.05, 3.63) is 150 Å². The number of aromatic amines is 2. The molecule has 15 heteroatoms. The maximum Gasteiger partial charge on any atom is 0.145 e. The van der Waals surface area contributed by atoms with Crippen LogP contribution in [0.3, 0.4) is 0 Å². The number of ether oxygens (including phenoxy) is 5. The van der Waals surface area contributed by atoms with Crippen molar-refractivity contribution in [1.29, 1.82) is 10.8 Å². The standard InChI is InChI=1S/C25H22N4O3.C22H24N4O4/c1-31-17-12-16(13-18(14-17)32-2)29-22(15-8-4-3-5-9-15)23(30)21(24(29)26)25-27-19-10-6-7-11-20(19)28-25;1-28-9-8-26-19(13-10-14(29-2)12-15(11-13)30-3)20(27)18(21(26)23)22-24-16-6-4-5-7-17(16)25-22/h3-14,22,26,30H,1-2H3,(H,27,28);4-7,10-12,19,23,27H,8-9H2,1-3H3,(H,24,25). The molecule has 15 nitrogen and oxygen atoms in total. The van der Waals surface area contributed by atoms with Crippen LogP contribution >= 0.6 is 0 Å². The Morgan fingerprint density at radius 3 is 1.53 bits per heavy atom. The maximum atomic E-state index is 11.4. The average Bonchev–Trinajstić information content (AvgIpc) is 4.05. The number of fused-ring (bicyclic) bond motifs is 2. The molecule has 0 bridgehead atoms. The van der Waals surface area contributed by atoms with Gasteiger partial charge in [-0.05, 0) is 47.5 Å². The molecule has 4 heterocycles. The Morgan fingerprint density at radius 1 is 0.565 bits per heavy atom. The molecule has 2 aromatic heterocycles. The number of aliphatic hydroxyl groups is 2. The normalized spacial score (nSPS) is 16.3. The lowest BCUT2D eigenvalue weighted by atomic mass is 10.0. The second kappa shape index (κ2) is 17.4. The fourth-order valence-corrected chi connectivity index (χ4v) is 7.83. The van der Waals surface area contributed by atoms with Gasteiger partial charge in [0.1, 0.15) is 69.9 Å². The molecule has 6 N–H and O–H groups in total. The number of hydrogen-bond donors (Lipinski definition) is 6. The second-order valence-electron chi connectivity index (χ2n) is 14.4. The number of anilines is 1. The molecule has 0 spiro atoms. The zero-order valence-corrected chi connectivity index (χ0v) is 34.8. The first-order valence-electron chi connectivity index (χ1n) is 19.7. The van der Waals surface area contributed by atoms with Crippen molar-refractivity contribution in [2.24, 2.45) is 0 Å². The van der Waals surface area contributed by atoms with Crippen LogP contribution in [0.25, 0.3) is 33.2 Å². The van der Waals surface area contributed by atoms with Gasteiger partial charge in [-0.15, -0.1) is 0 Å². The van der Waals surface area contributed by atoms with Gasteiger partial charge in [0, 0.05) is 37.9 Å². The van der Waals surface area contributed by atoms with Crippen molar-refractivity contribution >= 4 is 50.6 Å². The van der Waals surface area contributed by atoms with Crippen LogP contribution in [0, 0.1) is 10.8 Å². The van der Waals surface area contributed by atoms with E-state index in [0.29, 0.717) is 64.6 Å². The lowest BCUT2D eigenvalue weighted by Gasteiger charge is -2.28. The Hall–Kier alpha value is -7.78. The minimum atomic E-state index is -0.594. The summed E-state index contributed by atoms with van der Waals surface area (Å²) in [7, 11) is 7.92. The highest BCUT2D eigenvalue weighted by molar-refractivity contribution is 6.31. The molecule has 7 aromatic rings. The van der Waals surface area contributed by atoms with Gasteiger partial charge < -0.3 is 53.7 Å². The average molecular weight is 835 g/mol. The summed E-state index contributed by atoms with van der Waals surface area (Å²) in [6, 6.07) is 34.5. The van der Waals surface area contributed by atoms with E-state index < -0.39 is 12.1 Å². The number of hydrogen-bond acceptors (Lipinski definition) is 11. The molecule has 0 fully saturated rings. The van der Waals surface area contributed by atoms with Crippen LogP contribution in [0.2, 0.25) is 0 Å². The first-order valence-corrected chi connectivity index (χ1v) is 19.7. The molecular formula is C47H46N8O7. The number of rotatable bonds is 12. The molecule has 316 valence electrons. The minimum absolute atomic E-state index is 0.0467. The minimum Gasteiger partial charge on any atom is -0.509 e. The third-order valence-corrected chi connectivity index (χ3v) is 10.8. The number of benzene rings is 5. The van der Waals surface area contributed by atoms with Gasteiger partial charge in [-0.2, -0.15) is 0 Å². The summed E-state index contributed by atoms with van der Waals surface area (Å²) in [4.78, 5) is 19.2. The number of para-hydroxylation sites is 4. The summed E-state index contributed by atoms with van der Waals surface area (Å²) in [6.07, 6.45) is 0. The largest absolute Gasteiger partial charge is 0.509 e. The first-order chi connectivity index (χ1) is 30.2. The molecule has 0 amide bonds. The fraction of sp³-hybridized carbons (Fsp3) is 0.191. The number of imidazole rings is 2. The highest BCUT2D eigenvalue weighted by atomic mass is 16.5. The number of amidine groups is 2. The third-order valence-electron chi connectivity index (χ3n) is 10.8. The number of nitrogens with one attached hydrogen (secondary N) is 4. The summed E-state index contributed by atoms with van der Waals surface area (Å²) in [5, 5.41) is 40.5. The van der Waals surface area contributed by atoms with E-state index in [-0.39, 0.29) is 23.2 Å². The number of nitrogens with zero attached hydrogens (tertiary/aromatic N) is 4. The van der Waals surface area contributed by atoms with Gasteiger partial charge in [0.15, 0.2) is 0 Å². The van der Waals surface area contributed by atoms with E-state index in [1.54, 1.807) is 57.5 Å². The summed E-state index contributed by atoms with van der Waals surface area (Å²) >= 11 is 0. The van der Waals surface area contributed by atoms with Gasteiger partial charge in [-0.1, -0.05) is 54.6 Å². The predicted molar refractivity (Wildman–Crippen MR) is 239 cm³/mol. The molecule has 0 saturated carbocycles. The highest BCUT2D eigenvalue weighted by Crippen LogP contribution is 2.45. The first kappa shape index (κ1) is 41.0. The Labute approximate surface area is 357 Å². The van der Waals surface area contributed by atoms with E-state index >= 15 is 0 Å². The Bertz CT molecular complexity index is 2740. The zero-order chi connectivity index (χ0) is 43.5. The number of aromatic nitrogens is 4. The lowest BCUT2D eigenvalue weighted by molar-refractivity contribution is 0.161. The van der Waals surface area contributed by atoms with Crippen LogP contribution < -0.4 is 23.8 Å². The van der Waals surface area contributed by atoms with E-state index in [9.17, 15) is 10.2 Å². The molecule has 2 atom stereocenters. The zero-order valence-electron chi connectivity index (χ0n) is 34.8. The Kier molecular flexibility index (Phi) is 11.5. The Morgan fingerprint density at radius 2 is 1.03 bits per heavy atom. The highest BCUT2D eigenvalue weighted by Gasteiger charge is 2.42. The molecule has 2 aliphatic heterocycles. The van der Waals surface area contributed by atoms with Gasteiger partial charge in [-0.3, -0.25) is 10.8 Å². The van der Waals surface area contributed by atoms with E-state index in [1.807, 2.05) is 103 Å². The molecule has 5 aromatic carbocycles. The summed E-state index contributed by atoms with van der Waals surface area (Å²) < 4.78 is 26.9. The van der Waals surface area contributed by atoms with Gasteiger partial charge in [-0.25, -0.2) is 9.97 Å². The summed E-state index contributed by atoms with van der Waals surface area (Å²) in [5.41, 5.74) is 6.22. The fourth-order valence-electron chi connectivity index (χ4n) is 7.83. The van der Waals surface area contributed by atoms with Crippen molar-refractivity contribution in [2.75, 3.05) is 53.6 Å². The monoisotopic (exact) mass is 834 g/mol. The molecule has 2 aliphatic rings. The number of H-pyrrole nitrogens is 2. The quantitative estimate of drug-likeness (QED) is 0.0689. The van der Waals surface area contributed by atoms with Gasteiger partial charge in [0.2, 0.25) is 0 Å². The molecule has 0 radical (unpaired) electrons. The maximum absolute atomic E-state index is 11.4. The van der Waals surface area contributed by atoms with Crippen molar-refractivity contribution in [3.63, 3.8) is 0 Å². The summed E-state index contributed by atoms with van der Waals surface area (Å²) in [6.45, 7) is 0.827. The predicted octanol–water partition coefficient (Wildman–Crippen LogP) is 8.62. The molecule has 0 saturated heterocycles. The smallest absolute Gasteiger partial charge is 0.145 e. The van der Waals surface area contributed by atoms with Crippen LogP contribution in [0.4, 0.5) is 5.69 Å². The van der Waals surface area contributed by atoms with E-state index in [2.05, 4.69) is 19.9 Å². The molecular weight excluding hydrogens is 789 g/mol. The van der Waals surface area contributed by atoms with Crippen molar-refractivity contribution in [3.8, 4) is 23.0 Å². The van der Waals surface area contributed by atoms with Crippen LogP contribution in [0.5, 0.6) is 23.0 Å². The van der Waals surface area contributed by atoms with E-state index in [0.717, 1.165) is 33.2 Å². The van der Waals surface area contributed by atoms with Crippen LogP contribution in [-0.2, 0) is 4.74 Å². The Balaban J connectivity index is 0.000000171. The van der Waals surface area contributed by atoms with Gasteiger partial charge in [0.05, 0.1) is 73.9 Å². The van der Waals surface area contributed by atoms with E-state index in [4.69, 9.17) is 34.5 Å². The van der Waals surface area contributed by atoms with Crippen molar-refractivity contribution in [2.45, 2.75) is 12.1 Å². The van der Waals surface area contributed by atoms with Gasteiger partial charge in [0.25, 0.3) is 0 Å². The van der Waals surface area contributed by atoms with Gasteiger partial charge >= 0.3 is 0 Å². The lowest BCUT2D eigenvalue weighted by Crippen LogP contribution is -2.33. The van der Waals surface area contributed by atoms with Crippen LogP contribution in [0.1, 0.15) is 34.9 Å².